The molecule has 0 radical (unpaired) electrons. The van der Waals surface area contributed by atoms with Crippen LogP contribution in [0.5, 0.6) is 0 Å². The topological polar surface area (TPSA) is 37.4 Å². The third kappa shape index (κ3) is 7.63. The molecule has 0 fully saturated rings. The summed E-state index contributed by atoms with van der Waals surface area (Å²) in [5.41, 5.74) is 0. The van der Waals surface area contributed by atoms with Gasteiger partial charge in [0.15, 0.2) is 9.84 Å². The fourth-order valence-electron chi connectivity index (χ4n) is 1.56. The van der Waals surface area contributed by atoms with E-state index in [-0.39, 0.29) is 0 Å². The zero-order chi connectivity index (χ0) is 12.6. The van der Waals surface area contributed by atoms with Gasteiger partial charge in [0.2, 0.25) is 0 Å². The average molecular weight is 314 g/mol. The van der Waals surface area contributed by atoms with Crippen LogP contribution in [0.15, 0.2) is 0 Å². The molecule has 3 nitrogen and oxygen atoms in total. The average Bonchev–Trinajstić information content (AvgIpc) is 2.17. The van der Waals surface area contributed by atoms with Crippen LogP contribution < -0.4 is 0 Å². The van der Waals surface area contributed by atoms with E-state index in [0.717, 1.165) is 18.3 Å². The van der Waals surface area contributed by atoms with Crippen molar-refractivity contribution < 1.29 is 8.42 Å². The van der Waals surface area contributed by atoms with Crippen molar-refractivity contribution in [1.29, 1.82) is 0 Å². The molecule has 0 unspecified atom stereocenters. The molecule has 0 aromatic heterocycles. The summed E-state index contributed by atoms with van der Waals surface area (Å²) in [4.78, 5) is 2.23. The van der Waals surface area contributed by atoms with Gasteiger partial charge in [-0.1, -0.05) is 22.9 Å². The van der Waals surface area contributed by atoms with Gasteiger partial charge in [-0.15, -0.1) is 0 Å². The van der Waals surface area contributed by atoms with Crippen LogP contribution in [0.4, 0.5) is 0 Å². The van der Waals surface area contributed by atoms with Gasteiger partial charge in [-0.05, 0) is 33.2 Å². The van der Waals surface area contributed by atoms with Crippen LogP contribution in [0.1, 0.15) is 33.6 Å². The van der Waals surface area contributed by atoms with E-state index < -0.39 is 9.84 Å². The van der Waals surface area contributed by atoms with Crippen molar-refractivity contribution >= 4 is 25.8 Å². The highest BCUT2D eigenvalue weighted by atomic mass is 79.9. The number of hydrogen-bond donors (Lipinski definition) is 0. The molecule has 0 saturated heterocycles. The predicted octanol–water partition coefficient (Wildman–Crippen LogP) is 2.31. The number of rotatable bonds is 9. The maximum absolute atomic E-state index is 11.6. The molecular weight excluding hydrogens is 290 g/mol. The zero-order valence-corrected chi connectivity index (χ0v) is 13.0. The molecular formula is C11H24BrNO2S. The first-order valence-corrected chi connectivity index (χ1v) is 8.87. The Morgan fingerprint density at radius 3 is 2.25 bits per heavy atom. The van der Waals surface area contributed by atoms with Gasteiger partial charge in [-0.25, -0.2) is 8.42 Å². The van der Waals surface area contributed by atoms with Crippen molar-refractivity contribution in [1.82, 2.24) is 4.90 Å². The molecule has 0 bridgehead atoms. The zero-order valence-electron chi connectivity index (χ0n) is 10.6. The van der Waals surface area contributed by atoms with E-state index in [2.05, 4.69) is 34.7 Å². The second kappa shape index (κ2) is 8.48. The van der Waals surface area contributed by atoms with Crippen molar-refractivity contribution in [2.24, 2.45) is 0 Å². The van der Waals surface area contributed by atoms with Crippen molar-refractivity contribution in [3.05, 3.63) is 0 Å². The molecule has 0 heterocycles. The van der Waals surface area contributed by atoms with Crippen molar-refractivity contribution in [3.8, 4) is 0 Å². The van der Waals surface area contributed by atoms with E-state index >= 15 is 0 Å². The monoisotopic (exact) mass is 313 g/mol. The van der Waals surface area contributed by atoms with Crippen LogP contribution in [0, 0.1) is 0 Å². The minimum Gasteiger partial charge on any atom is -0.300 e. The molecule has 5 heteroatoms. The fraction of sp³-hybridized carbons (Fsp3) is 1.00. The second-order valence-electron chi connectivity index (χ2n) is 4.32. The Labute approximate surface area is 109 Å². The number of alkyl halides is 1. The van der Waals surface area contributed by atoms with Gasteiger partial charge < -0.3 is 0 Å². The Hall–Kier alpha value is 0.390. The summed E-state index contributed by atoms with van der Waals surface area (Å²) in [6.07, 6.45) is 1.78. The van der Waals surface area contributed by atoms with Gasteiger partial charge in [0.05, 0.1) is 5.75 Å². The standard InChI is InChI=1S/C11H24BrNO2S/c1-4-9-16(14,15)10-8-13(11(2)3)7-5-6-12/h11H,4-10H2,1-3H3. The summed E-state index contributed by atoms with van der Waals surface area (Å²) in [6, 6.07) is 0.413. The summed E-state index contributed by atoms with van der Waals surface area (Å²) in [7, 11) is -2.84. The van der Waals surface area contributed by atoms with Gasteiger partial charge in [0, 0.05) is 23.7 Å². The first kappa shape index (κ1) is 16.4. The molecule has 0 rings (SSSR count). The van der Waals surface area contributed by atoms with E-state index in [4.69, 9.17) is 0 Å². The van der Waals surface area contributed by atoms with Crippen LogP contribution in [0.25, 0.3) is 0 Å². The molecule has 0 aliphatic heterocycles. The molecule has 98 valence electrons. The Bertz CT molecular complexity index is 265. The maximum Gasteiger partial charge on any atom is 0.151 e. The van der Waals surface area contributed by atoms with Gasteiger partial charge in [0.25, 0.3) is 0 Å². The number of sulfone groups is 1. The van der Waals surface area contributed by atoms with Crippen molar-refractivity contribution in [3.63, 3.8) is 0 Å². The number of hydrogen-bond acceptors (Lipinski definition) is 3. The van der Waals surface area contributed by atoms with Crippen molar-refractivity contribution in [2.45, 2.75) is 39.7 Å². The van der Waals surface area contributed by atoms with E-state index in [1.165, 1.54) is 0 Å². The SMILES string of the molecule is CCCS(=O)(=O)CCN(CCCBr)C(C)C. The van der Waals surface area contributed by atoms with Crippen molar-refractivity contribution in [2.75, 3.05) is 29.9 Å². The summed E-state index contributed by atoms with van der Waals surface area (Å²) < 4.78 is 23.2. The number of nitrogens with zero attached hydrogens (tertiary/aromatic N) is 1. The predicted molar refractivity (Wildman–Crippen MR) is 74.1 cm³/mol. The Morgan fingerprint density at radius 1 is 1.19 bits per heavy atom. The summed E-state index contributed by atoms with van der Waals surface area (Å²) >= 11 is 3.40. The number of halogens is 1. The summed E-state index contributed by atoms with van der Waals surface area (Å²) in [6.45, 7) is 7.75. The van der Waals surface area contributed by atoms with E-state index in [9.17, 15) is 8.42 Å². The Kier molecular flexibility index (Phi) is 8.68. The highest BCUT2D eigenvalue weighted by Crippen LogP contribution is 2.03. The molecule has 0 spiro atoms. The summed E-state index contributed by atoms with van der Waals surface area (Å²) in [5, 5.41) is 0.970. The van der Waals surface area contributed by atoms with Gasteiger partial charge in [-0.3, -0.25) is 4.90 Å². The molecule has 0 N–H and O–H groups in total. The minimum atomic E-state index is -2.84. The lowest BCUT2D eigenvalue weighted by atomic mass is 10.3. The van der Waals surface area contributed by atoms with E-state index in [1.54, 1.807) is 0 Å². The lowest BCUT2D eigenvalue weighted by molar-refractivity contribution is 0.236. The maximum atomic E-state index is 11.6. The normalized spacial score (nSPS) is 12.6. The molecule has 0 amide bonds. The highest BCUT2D eigenvalue weighted by molar-refractivity contribution is 9.09. The van der Waals surface area contributed by atoms with Crippen LogP contribution in [0.3, 0.4) is 0 Å². The van der Waals surface area contributed by atoms with Gasteiger partial charge >= 0.3 is 0 Å². The largest absolute Gasteiger partial charge is 0.300 e. The molecule has 0 aliphatic carbocycles. The van der Waals surface area contributed by atoms with Crippen LogP contribution in [-0.4, -0.2) is 49.3 Å². The lowest BCUT2D eigenvalue weighted by Gasteiger charge is -2.25. The van der Waals surface area contributed by atoms with E-state index in [1.807, 2.05) is 6.92 Å². The molecule has 0 aromatic carbocycles. The Balaban J connectivity index is 4.11. The van der Waals surface area contributed by atoms with E-state index in [0.29, 0.717) is 30.5 Å². The molecule has 16 heavy (non-hydrogen) atoms. The lowest BCUT2D eigenvalue weighted by Crippen LogP contribution is -2.36. The first-order valence-electron chi connectivity index (χ1n) is 5.93. The smallest absolute Gasteiger partial charge is 0.151 e. The third-order valence-corrected chi connectivity index (χ3v) is 4.91. The Morgan fingerprint density at radius 2 is 1.81 bits per heavy atom. The second-order valence-corrected chi connectivity index (χ2v) is 7.42. The summed E-state index contributed by atoms with van der Waals surface area (Å²) in [5.74, 6) is 0.610. The fourth-order valence-corrected chi connectivity index (χ4v) is 3.15. The third-order valence-electron chi connectivity index (χ3n) is 2.51. The molecule has 0 atom stereocenters. The van der Waals surface area contributed by atoms with Crippen LogP contribution in [-0.2, 0) is 9.84 Å². The van der Waals surface area contributed by atoms with Gasteiger partial charge in [0.1, 0.15) is 0 Å². The quantitative estimate of drug-likeness (QED) is 0.613. The van der Waals surface area contributed by atoms with Crippen LogP contribution in [0.2, 0.25) is 0 Å². The molecule has 0 aromatic rings. The molecule has 0 saturated carbocycles. The molecule has 0 aliphatic rings. The highest BCUT2D eigenvalue weighted by Gasteiger charge is 2.14. The van der Waals surface area contributed by atoms with Crippen LogP contribution >= 0.6 is 15.9 Å². The first-order chi connectivity index (χ1) is 7.43. The minimum absolute atomic E-state index is 0.293. The van der Waals surface area contributed by atoms with Gasteiger partial charge in [-0.2, -0.15) is 0 Å².